The summed E-state index contributed by atoms with van der Waals surface area (Å²) in [6.07, 6.45) is 12.4. The van der Waals surface area contributed by atoms with E-state index < -0.39 is 23.5 Å². The van der Waals surface area contributed by atoms with Gasteiger partial charge in [0, 0.05) is 6.42 Å². The van der Waals surface area contributed by atoms with Gasteiger partial charge in [0.25, 0.3) is 5.91 Å². The van der Waals surface area contributed by atoms with Crippen molar-refractivity contribution < 1.29 is 23.9 Å². The van der Waals surface area contributed by atoms with Crippen LogP contribution in [0.2, 0.25) is 0 Å². The highest BCUT2D eigenvalue weighted by Crippen LogP contribution is 2.32. The van der Waals surface area contributed by atoms with Gasteiger partial charge in [0.15, 0.2) is 11.6 Å². The van der Waals surface area contributed by atoms with E-state index in [9.17, 15) is 14.4 Å². The largest absolute Gasteiger partial charge is 0.467 e. The molecule has 178 valence electrons. The van der Waals surface area contributed by atoms with Gasteiger partial charge in [-0.2, -0.15) is 0 Å². The summed E-state index contributed by atoms with van der Waals surface area (Å²) < 4.78 is 10.6. The Bertz CT molecular complexity index is 720. The Balaban J connectivity index is 1.96. The van der Waals surface area contributed by atoms with Crippen LogP contribution in [-0.4, -0.2) is 30.6 Å². The predicted molar refractivity (Wildman–Crippen MR) is 124 cm³/mol. The Labute approximate surface area is 192 Å². The van der Waals surface area contributed by atoms with Crippen LogP contribution < -0.4 is 5.32 Å². The van der Waals surface area contributed by atoms with E-state index in [1.54, 1.807) is 24.3 Å². The third-order valence-electron chi connectivity index (χ3n) is 6.21. The molecule has 1 N–H and O–H groups in total. The second-order valence-electron chi connectivity index (χ2n) is 8.74. The fourth-order valence-corrected chi connectivity index (χ4v) is 4.31. The van der Waals surface area contributed by atoms with Crippen molar-refractivity contribution in [2.45, 2.75) is 102 Å². The summed E-state index contributed by atoms with van der Waals surface area (Å²) in [5.41, 5.74) is -0.578. The van der Waals surface area contributed by atoms with Gasteiger partial charge < -0.3 is 14.8 Å². The third-order valence-corrected chi connectivity index (χ3v) is 6.21. The van der Waals surface area contributed by atoms with Gasteiger partial charge in [0.2, 0.25) is 0 Å². The van der Waals surface area contributed by atoms with Crippen LogP contribution in [0, 0.1) is 0 Å². The van der Waals surface area contributed by atoms with Gasteiger partial charge >= 0.3 is 11.9 Å². The molecule has 0 radical (unpaired) electrons. The number of nitrogens with one attached hydrogen (secondary N) is 1. The molecule has 1 aliphatic rings. The number of carbonyl (C=O) groups excluding carboxylic acids is 3. The smallest absolute Gasteiger partial charge is 0.333 e. The molecule has 1 saturated heterocycles. The highest BCUT2D eigenvalue weighted by molar-refractivity contribution is 5.92. The molecule has 1 aliphatic heterocycles. The number of ether oxygens (including phenoxy) is 2. The van der Waals surface area contributed by atoms with Crippen LogP contribution in [0.3, 0.4) is 0 Å². The van der Waals surface area contributed by atoms with Gasteiger partial charge in [-0.15, -0.1) is 0 Å². The lowest BCUT2D eigenvalue weighted by Gasteiger charge is -2.36. The van der Waals surface area contributed by atoms with E-state index in [2.05, 4.69) is 12.2 Å². The molecule has 2 atom stereocenters. The molecule has 1 heterocycles. The fourth-order valence-electron chi connectivity index (χ4n) is 4.31. The van der Waals surface area contributed by atoms with Crippen LogP contribution in [0.15, 0.2) is 30.3 Å². The van der Waals surface area contributed by atoms with Crippen molar-refractivity contribution in [1.82, 2.24) is 5.32 Å². The van der Waals surface area contributed by atoms with Gasteiger partial charge in [0.05, 0.1) is 7.11 Å². The van der Waals surface area contributed by atoms with Crippen molar-refractivity contribution in [3.8, 4) is 0 Å². The first-order valence-electron chi connectivity index (χ1n) is 12.2. The average Bonchev–Trinajstić information content (AvgIpc) is 2.81. The zero-order valence-electron chi connectivity index (χ0n) is 19.7. The van der Waals surface area contributed by atoms with E-state index in [1.165, 1.54) is 45.6 Å². The second-order valence-corrected chi connectivity index (χ2v) is 8.74. The molecule has 0 aliphatic carbocycles. The molecule has 1 aromatic carbocycles. The third kappa shape index (κ3) is 7.95. The summed E-state index contributed by atoms with van der Waals surface area (Å²) in [5, 5.41) is 2.81. The highest BCUT2D eigenvalue weighted by atomic mass is 16.6. The number of hydrogen-bond acceptors (Lipinski definition) is 5. The topological polar surface area (TPSA) is 81.7 Å². The van der Waals surface area contributed by atoms with Crippen LogP contribution in [-0.2, 0) is 23.9 Å². The number of unbranched alkanes of at least 4 members (excludes halogenated alkanes) is 8. The molecule has 0 bridgehead atoms. The van der Waals surface area contributed by atoms with Crippen LogP contribution in [0.4, 0.5) is 0 Å². The van der Waals surface area contributed by atoms with E-state index >= 15 is 0 Å². The molecular weight excluding hydrogens is 406 g/mol. The first kappa shape index (κ1) is 25.9. The molecule has 32 heavy (non-hydrogen) atoms. The molecule has 6 nitrogen and oxygen atoms in total. The van der Waals surface area contributed by atoms with Crippen molar-refractivity contribution in [3.05, 3.63) is 35.9 Å². The Morgan fingerprint density at radius 2 is 1.66 bits per heavy atom. The fraction of sp³-hybridized carbons (Fsp3) is 0.654. The molecule has 0 aromatic heterocycles. The molecule has 6 heteroatoms. The molecule has 0 saturated carbocycles. The van der Waals surface area contributed by atoms with Crippen LogP contribution in [0.1, 0.15) is 102 Å². The number of hydrogen-bond donors (Lipinski definition) is 1. The first-order chi connectivity index (χ1) is 15.5. The number of cyclic esters (lactones) is 1. The van der Waals surface area contributed by atoms with Crippen molar-refractivity contribution in [2.24, 2.45) is 0 Å². The summed E-state index contributed by atoms with van der Waals surface area (Å²) in [6.45, 7) is 2.22. The number of esters is 2. The molecule has 2 rings (SSSR count). The predicted octanol–water partition coefficient (Wildman–Crippen LogP) is 5.40. The zero-order chi connectivity index (χ0) is 23.2. The van der Waals surface area contributed by atoms with Crippen molar-refractivity contribution in [1.29, 1.82) is 0 Å². The number of rotatable bonds is 14. The summed E-state index contributed by atoms with van der Waals surface area (Å²) in [5.74, 6) is -1.31. The van der Waals surface area contributed by atoms with Crippen molar-refractivity contribution >= 4 is 17.8 Å². The van der Waals surface area contributed by atoms with Gasteiger partial charge in [-0.3, -0.25) is 9.59 Å². The number of carbonyl (C=O) groups is 3. The second kappa shape index (κ2) is 13.9. The van der Waals surface area contributed by atoms with E-state index in [4.69, 9.17) is 9.47 Å². The lowest BCUT2D eigenvalue weighted by molar-refractivity contribution is -0.177. The van der Waals surface area contributed by atoms with Crippen LogP contribution in [0.25, 0.3) is 0 Å². The van der Waals surface area contributed by atoms with Gasteiger partial charge in [0.1, 0.15) is 0 Å². The monoisotopic (exact) mass is 445 g/mol. The molecule has 0 unspecified atom stereocenters. The Morgan fingerprint density at radius 1 is 1.03 bits per heavy atom. The normalized spacial score (nSPS) is 19.1. The molecule has 1 aromatic rings. The minimum Gasteiger partial charge on any atom is -0.467 e. The maximum Gasteiger partial charge on any atom is 0.333 e. The Kier molecular flexibility index (Phi) is 11.3. The zero-order valence-corrected chi connectivity index (χ0v) is 19.7. The standard InChI is InChI=1S/C26H39NO5/c1-3-4-5-6-7-8-9-10-14-19-26(20-15-18-22(28)32-26)25(30)27-23(24(29)31-2)21-16-12-11-13-17-21/h11-13,16-17,23H,3-10,14-15,18-20H2,1-2H3,(H,27,30)/t23-,26+/m0/s1. The van der Waals surface area contributed by atoms with Crippen LogP contribution in [0.5, 0.6) is 0 Å². The minimum absolute atomic E-state index is 0.325. The Morgan fingerprint density at radius 3 is 2.25 bits per heavy atom. The maximum atomic E-state index is 13.3. The van der Waals surface area contributed by atoms with Crippen LogP contribution >= 0.6 is 0 Å². The molecule has 1 amide bonds. The van der Waals surface area contributed by atoms with Crippen molar-refractivity contribution in [3.63, 3.8) is 0 Å². The number of amides is 1. The SMILES string of the molecule is CCCCCCCCCCC[C@]1(C(=O)N[C@H](C(=O)OC)c2ccccc2)CCCC(=O)O1. The molecular formula is C26H39NO5. The van der Waals surface area contributed by atoms with Gasteiger partial charge in [-0.25, -0.2) is 4.79 Å². The van der Waals surface area contributed by atoms with Crippen molar-refractivity contribution in [2.75, 3.05) is 7.11 Å². The van der Waals surface area contributed by atoms with E-state index in [0.717, 1.165) is 19.3 Å². The summed E-state index contributed by atoms with van der Waals surface area (Å²) in [4.78, 5) is 37.8. The van der Waals surface area contributed by atoms with Gasteiger partial charge in [-0.1, -0.05) is 88.6 Å². The lowest BCUT2D eigenvalue weighted by atomic mass is 9.86. The number of methoxy groups -OCH3 is 1. The first-order valence-corrected chi connectivity index (χ1v) is 12.2. The average molecular weight is 446 g/mol. The van der Waals surface area contributed by atoms with E-state index in [1.807, 2.05) is 6.07 Å². The highest BCUT2D eigenvalue weighted by Gasteiger charge is 2.45. The van der Waals surface area contributed by atoms with Gasteiger partial charge in [-0.05, 0) is 31.2 Å². The summed E-state index contributed by atoms with van der Waals surface area (Å²) in [6, 6.07) is 8.04. The lowest BCUT2D eigenvalue weighted by Crippen LogP contribution is -2.53. The maximum absolute atomic E-state index is 13.3. The van der Waals surface area contributed by atoms with E-state index in [0.29, 0.717) is 31.2 Å². The Hall–Kier alpha value is -2.37. The summed E-state index contributed by atoms with van der Waals surface area (Å²) >= 11 is 0. The quantitative estimate of drug-likeness (QED) is 0.306. The number of benzene rings is 1. The minimum atomic E-state index is -1.21. The summed E-state index contributed by atoms with van der Waals surface area (Å²) in [7, 11) is 1.29. The molecule has 0 spiro atoms. The molecule has 1 fully saturated rings. The van der Waals surface area contributed by atoms with E-state index in [-0.39, 0.29) is 5.97 Å².